The number of benzene rings is 2. The molecule has 1 aromatic heterocycles. The minimum Gasteiger partial charge on any atom is -0.447 e. The first-order valence-electron chi connectivity index (χ1n) is 17.1. The second kappa shape index (κ2) is 13.1. The minimum absolute atomic E-state index is 0.0122. The molecule has 0 saturated heterocycles. The van der Waals surface area contributed by atoms with Crippen molar-refractivity contribution in [2.24, 2.45) is 11.3 Å². The van der Waals surface area contributed by atoms with Crippen LogP contribution in [0.4, 0.5) is 10.7 Å². The molecule has 3 aromatic rings. The van der Waals surface area contributed by atoms with E-state index in [1.54, 1.807) is 12.1 Å². The highest BCUT2D eigenvalue weighted by Crippen LogP contribution is 2.58. The maximum absolute atomic E-state index is 14.5. The Morgan fingerprint density at radius 1 is 1.02 bits per heavy atom. The number of sulfonamides is 1. The first kappa shape index (κ1) is 33.9. The lowest BCUT2D eigenvalue weighted by atomic mass is 9.51. The first-order chi connectivity index (χ1) is 22.7. The summed E-state index contributed by atoms with van der Waals surface area (Å²) >= 11 is 0. The van der Waals surface area contributed by atoms with E-state index in [-0.39, 0.29) is 52.5 Å². The molecule has 0 unspecified atom stereocenters. The van der Waals surface area contributed by atoms with Crippen molar-refractivity contribution in [2.75, 3.05) is 4.72 Å². The second-order valence-corrected chi connectivity index (χ2v) is 16.5. The average Bonchev–Trinajstić information content (AvgIpc) is 2.96. The minimum atomic E-state index is -4.09. The van der Waals surface area contributed by atoms with Crippen molar-refractivity contribution in [3.05, 3.63) is 70.9 Å². The lowest BCUT2D eigenvalue weighted by Gasteiger charge is -2.60. The maximum atomic E-state index is 14.5. The third-order valence-electron chi connectivity index (χ3n) is 9.99. The molecule has 10 nitrogen and oxygen atoms in total. The molecule has 4 bridgehead atoms. The number of carbonyl (C=O) groups excluding carboxylic acids is 2. The largest absolute Gasteiger partial charge is 0.447 e. The molecule has 6 rings (SSSR count). The smallest absolute Gasteiger partial charge is 0.407 e. The van der Waals surface area contributed by atoms with Crippen molar-refractivity contribution in [3.63, 3.8) is 0 Å². The molecule has 3 aliphatic rings. The van der Waals surface area contributed by atoms with Gasteiger partial charge in [0.25, 0.3) is 15.9 Å². The molecule has 2 aliphatic carbocycles. The number of hydrogen-bond donors (Lipinski definition) is 2. The van der Waals surface area contributed by atoms with Crippen molar-refractivity contribution in [1.82, 2.24) is 20.2 Å². The normalized spacial score (nSPS) is 24.9. The standard InChI is InChI=1S/C37H47N5O5S/c1-22(2)15-29-14-13-27-17-32(33-24(5)9-7-10-25(33)6)40-35(38-27)41-48(45,46)31-12-8-11-26(16-31)34(43)42(29)30-20-37(21-30)18-28(19-37)39-36(44)47-23(3)4/h7-12,16-17,22-23,28-30H,13-15,18-21H2,1-6H3,(H,39,44)(H,38,40,41)/t28?,29-,30?,37?/m0/s1. The van der Waals surface area contributed by atoms with E-state index in [0.717, 1.165) is 54.5 Å². The van der Waals surface area contributed by atoms with E-state index in [0.29, 0.717) is 30.0 Å². The van der Waals surface area contributed by atoms with Gasteiger partial charge in [-0.2, -0.15) is 0 Å². The van der Waals surface area contributed by atoms with Crippen LogP contribution in [0.25, 0.3) is 11.3 Å². The summed E-state index contributed by atoms with van der Waals surface area (Å²) < 4.78 is 35.3. The number of alkyl carbamates (subject to hydrolysis) is 1. The van der Waals surface area contributed by atoms with Gasteiger partial charge in [-0.1, -0.05) is 38.1 Å². The Morgan fingerprint density at radius 2 is 1.71 bits per heavy atom. The highest BCUT2D eigenvalue weighted by Gasteiger charge is 2.56. The van der Waals surface area contributed by atoms with Crippen molar-refractivity contribution < 1.29 is 22.7 Å². The average molecular weight is 674 g/mol. The molecule has 0 radical (unpaired) electrons. The van der Waals surface area contributed by atoms with E-state index in [9.17, 15) is 18.0 Å². The van der Waals surface area contributed by atoms with Crippen LogP contribution in [0.5, 0.6) is 0 Å². The summed E-state index contributed by atoms with van der Waals surface area (Å²) in [5, 5.41) is 2.98. The molecule has 2 aromatic carbocycles. The molecular weight excluding hydrogens is 627 g/mol. The topological polar surface area (TPSA) is 131 Å². The van der Waals surface area contributed by atoms with Crippen LogP contribution in [0.15, 0.2) is 53.4 Å². The Kier molecular flexibility index (Phi) is 9.28. The van der Waals surface area contributed by atoms with Crippen LogP contribution in [0.3, 0.4) is 0 Å². The number of carbonyl (C=O) groups is 2. The maximum Gasteiger partial charge on any atom is 0.407 e. The van der Waals surface area contributed by atoms with Crippen molar-refractivity contribution in [2.45, 2.75) is 116 Å². The number of hydrogen-bond acceptors (Lipinski definition) is 7. The van der Waals surface area contributed by atoms with Gasteiger partial charge in [-0.05, 0) is 119 Å². The van der Waals surface area contributed by atoms with Gasteiger partial charge in [-0.25, -0.2) is 27.9 Å². The van der Waals surface area contributed by atoms with E-state index in [4.69, 9.17) is 9.72 Å². The number of amides is 2. The van der Waals surface area contributed by atoms with Crippen LogP contribution >= 0.6 is 0 Å². The number of rotatable bonds is 6. The Balaban J connectivity index is 1.34. The van der Waals surface area contributed by atoms with Crippen molar-refractivity contribution >= 4 is 28.0 Å². The summed E-state index contributed by atoms with van der Waals surface area (Å²) in [4.78, 5) is 38.1. The monoisotopic (exact) mass is 673 g/mol. The Morgan fingerprint density at radius 3 is 2.38 bits per heavy atom. The lowest BCUT2D eigenvalue weighted by Crippen LogP contribution is -2.63. The van der Waals surface area contributed by atoms with Crippen molar-refractivity contribution in [1.29, 1.82) is 0 Å². The summed E-state index contributed by atoms with van der Waals surface area (Å²) in [6.07, 6.45) is 4.88. The third-order valence-corrected chi connectivity index (χ3v) is 11.3. The predicted molar refractivity (Wildman–Crippen MR) is 185 cm³/mol. The van der Waals surface area contributed by atoms with Gasteiger partial charge in [0, 0.05) is 34.9 Å². The molecule has 1 aliphatic heterocycles. The number of nitrogens with zero attached hydrogens (tertiary/aromatic N) is 3. The summed E-state index contributed by atoms with van der Waals surface area (Å²) in [6.45, 7) is 12.0. The second-order valence-electron chi connectivity index (χ2n) is 14.8. The zero-order chi connectivity index (χ0) is 34.4. The zero-order valence-electron chi connectivity index (χ0n) is 28.7. The fourth-order valence-electron chi connectivity index (χ4n) is 7.97. The van der Waals surface area contributed by atoms with Gasteiger partial charge in [0.15, 0.2) is 0 Å². The summed E-state index contributed by atoms with van der Waals surface area (Å²) in [6, 6.07) is 14.3. The predicted octanol–water partition coefficient (Wildman–Crippen LogP) is 6.81. The summed E-state index contributed by atoms with van der Waals surface area (Å²) in [7, 11) is -4.09. The summed E-state index contributed by atoms with van der Waals surface area (Å²) in [5.74, 6) is 0.198. The van der Waals surface area contributed by atoms with Crippen LogP contribution in [-0.2, 0) is 21.2 Å². The molecule has 1 spiro atoms. The van der Waals surface area contributed by atoms with Gasteiger partial charge in [0.2, 0.25) is 5.95 Å². The molecule has 2 fully saturated rings. The number of fused-ring (bicyclic) bond motifs is 4. The number of anilines is 1. The molecule has 256 valence electrons. The van der Waals surface area contributed by atoms with Gasteiger partial charge in [0.05, 0.1) is 16.7 Å². The number of aryl methyl sites for hydroxylation is 3. The lowest BCUT2D eigenvalue weighted by molar-refractivity contribution is -0.0748. The zero-order valence-corrected chi connectivity index (χ0v) is 29.6. The Bertz CT molecular complexity index is 1790. The molecule has 48 heavy (non-hydrogen) atoms. The fraction of sp³-hybridized carbons (Fsp3) is 0.514. The number of nitrogens with one attached hydrogen (secondary N) is 2. The molecule has 2 N–H and O–H groups in total. The molecular formula is C37H47N5O5S. The third kappa shape index (κ3) is 7.06. The van der Waals surface area contributed by atoms with Gasteiger partial charge >= 0.3 is 6.09 Å². The molecule has 11 heteroatoms. The van der Waals surface area contributed by atoms with Crippen LogP contribution in [0.1, 0.15) is 93.4 Å². The highest BCUT2D eigenvalue weighted by atomic mass is 32.2. The molecule has 2 amide bonds. The van der Waals surface area contributed by atoms with E-state index in [1.807, 2.05) is 56.9 Å². The fourth-order valence-corrected chi connectivity index (χ4v) is 8.96. The van der Waals surface area contributed by atoms with E-state index in [2.05, 4.69) is 28.9 Å². The van der Waals surface area contributed by atoms with Crippen LogP contribution in [0.2, 0.25) is 0 Å². The molecule has 2 saturated carbocycles. The molecule has 2 heterocycles. The van der Waals surface area contributed by atoms with E-state index in [1.165, 1.54) is 12.1 Å². The number of aromatic nitrogens is 2. The van der Waals surface area contributed by atoms with Gasteiger partial charge in [0.1, 0.15) is 0 Å². The van der Waals surface area contributed by atoms with Crippen LogP contribution in [-0.4, -0.2) is 59.5 Å². The highest BCUT2D eigenvalue weighted by molar-refractivity contribution is 7.92. The number of ether oxygens (including phenoxy) is 1. The van der Waals surface area contributed by atoms with Crippen molar-refractivity contribution in [3.8, 4) is 11.3 Å². The van der Waals surface area contributed by atoms with Crippen LogP contribution < -0.4 is 10.0 Å². The van der Waals surface area contributed by atoms with E-state index >= 15 is 0 Å². The summed E-state index contributed by atoms with van der Waals surface area (Å²) in [5.41, 5.74) is 4.85. The van der Waals surface area contributed by atoms with Gasteiger partial charge in [-0.15, -0.1) is 0 Å². The van der Waals surface area contributed by atoms with E-state index < -0.39 is 10.0 Å². The Hall–Kier alpha value is -3.99. The quantitative estimate of drug-likeness (QED) is 0.294. The van der Waals surface area contributed by atoms with Gasteiger partial charge < -0.3 is 15.0 Å². The van der Waals surface area contributed by atoms with Crippen LogP contribution in [0, 0.1) is 25.2 Å². The first-order valence-corrected chi connectivity index (χ1v) is 18.6. The van der Waals surface area contributed by atoms with Gasteiger partial charge in [-0.3, -0.25) is 4.79 Å². The SMILES string of the molecule is Cc1cccc(C)c1-c1cc2nc(n1)NS(=O)(=O)c1cccc(c1)C(=O)N(C1CC3(CC(NC(=O)OC(C)C)C3)C1)[C@H](CC(C)C)CC2. The Labute approximate surface area is 284 Å². The molecule has 1 atom stereocenters.